The van der Waals surface area contributed by atoms with Crippen LogP contribution in [0.1, 0.15) is 19.8 Å². The van der Waals surface area contributed by atoms with Crippen LogP contribution in [0.5, 0.6) is 0 Å². The summed E-state index contributed by atoms with van der Waals surface area (Å²) in [7, 11) is -4.23. The monoisotopic (exact) mass is 344 g/mol. The molecule has 1 aromatic rings. The highest BCUT2D eigenvalue weighted by Crippen LogP contribution is 2.20. The SMILES string of the molecule is CC1NCCCC1NS(=O)(=O)c1cc(F)c(F)cc1F.Cl. The van der Waals surface area contributed by atoms with E-state index in [9.17, 15) is 21.6 Å². The van der Waals surface area contributed by atoms with E-state index in [1.807, 2.05) is 0 Å². The molecule has 0 spiro atoms. The second-order valence-corrected chi connectivity index (χ2v) is 6.49. The van der Waals surface area contributed by atoms with Gasteiger partial charge in [0, 0.05) is 18.2 Å². The van der Waals surface area contributed by atoms with E-state index >= 15 is 0 Å². The summed E-state index contributed by atoms with van der Waals surface area (Å²) in [4.78, 5) is -0.880. The molecule has 4 nitrogen and oxygen atoms in total. The average molecular weight is 345 g/mol. The van der Waals surface area contributed by atoms with E-state index in [1.165, 1.54) is 0 Å². The summed E-state index contributed by atoms with van der Waals surface area (Å²) in [5, 5.41) is 3.09. The van der Waals surface area contributed by atoms with Gasteiger partial charge < -0.3 is 5.32 Å². The molecule has 1 aliphatic heterocycles. The van der Waals surface area contributed by atoms with Gasteiger partial charge in [0.2, 0.25) is 10.0 Å². The Hall–Kier alpha value is -0.830. The highest BCUT2D eigenvalue weighted by molar-refractivity contribution is 7.89. The lowest BCUT2D eigenvalue weighted by molar-refractivity contribution is 0.348. The van der Waals surface area contributed by atoms with Crippen molar-refractivity contribution in [3.8, 4) is 0 Å². The number of hydrogen-bond acceptors (Lipinski definition) is 3. The Kier molecular flexibility index (Phi) is 6.03. The van der Waals surface area contributed by atoms with Crippen LogP contribution < -0.4 is 10.0 Å². The van der Waals surface area contributed by atoms with Gasteiger partial charge in [-0.3, -0.25) is 0 Å². The first-order valence-corrected chi connectivity index (χ1v) is 7.70. The van der Waals surface area contributed by atoms with Crippen LogP contribution in [0.15, 0.2) is 17.0 Å². The molecular weight excluding hydrogens is 329 g/mol. The Balaban J connectivity index is 0.00000220. The predicted octanol–water partition coefficient (Wildman–Crippen LogP) is 1.94. The first kappa shape index (κ1) is 18.2. The van der Waals surface area contributed by atoms with Crippen LogP contribution in [0.25, 0.3) is 0 Å². The molecular formula is C12H16ClF3N2O2S. The molecule has 0 bridgehead atoms. The maximum Gasteiger partial charge on any atom is 0.243 e. The summed E-state index contributed by atoms with van der Waals surface area (Å²) in [5.74, 6) is -4.14. The van der Waals surface area contributed by atoms with E-state index in [0.717, 1.165) is 13.0 Å². The first-order chi connectivity index (χ1) is 9.31. The number of halogens is 4. The van der Waals surface area contributed by atoms with Crippen molar-refractivity contribution >= 4 is 22.4 Å². The molecule has 0 amide bonds. The van der Waals surface area contributed by atoms with Gasteiger partial charge in [-0.15, -0.1) is 12.4 Å². The topological polar surface area (TPSA) is 58.2 Å². The normalized spacial score (nSPS) is 22.7. The molecule has 2 unspecified atom stereocenters. The van der Waals surface area contributed by atoms with Gasteiger partial charge in [0.1, 0.15) is 10.7 Å². The van der Waals surface area contributed by atoms with Crippen molar-refractivity contribution in [2.45, 2.75) is 36.7 Å². The molecule has 1 saturated heterocycles. The minimum Gasteiger partial charge on any atom is -0.313 e. The number of sulfonamides is 1. The quantitative estimate of drug-likeness (QED) is 0.824. The third-order valence-electron chi connectivity index (χ3n) is 3.33. The molecule has 2 atom stereocenters. The summed E-state index contributed by atoms with van der Waals surface area (Å²) >= 11 is 0. The zero-order chi connectivity index (χ0) is 14.9. The summed E-state index contributed by atoms with van der Waals surface area (Å²) in [5.41, 5.74) is 0. The molecule has 1 aliphatic rings. The van der Waals surface area contributed by atoms with Crippen LogP contribution >= 0.6 is 12.4 Å². The molecule has 1 aromatic carbocycles. The Morgan fingerprint density at radius 2 is 1.81 bits per heavy atom. The summed E-state index contributed by atoms with van der Waals surface area (Å²) in [6, 6.07) is 0.0496. The Labute approximate surface area is 127 Å². The van der Waals surface area contributed by atoms with Gasteiger partial charge in [0.15, 0.2) is 11.6 Å². The van der Waals surface area contributed by atoms with Crippen molar-refractivity contribution in [1.29, 1.82) is 0 Å². The second-order valence-electron chi connectivity index (χ2n) is 4.81. The van der Waals surface area contributed by atoms with Gasteiger partial charge in [-0.1, -0.05) is 0 Å². The number of rotatable bonds is 3. The molecule has 1 heterocycles. The Morgan fingerprint density at radius 3 is 2.43 bits per heavy atom. The van der Waals surface area contributed by atoms with Gasteiger partial charge in [0.05, 0.1) is 0 Å². The van der Waals surface area contributed by atoms with E-state index in [2.05, 4.69) is 10.0 Å². The summed E-state index contributed by atoms with van der Waals surface area (Å²) < 4.78 is 65.9. The van der Waals surface area contributed by atoms with E-state index in [1.54, 1.807) is 6.92 Å². The highest BCUT2D eigenvalue weighted by Gasteiger charge is 2.29. The maximum atomic E-state index is 13.5. The molecule has 21 heavy (non-hydrogen) atoms. The van der Waals surface area contributed by atoms with E-state index < -0.39 is 38.4 Å². The lowest BCUT2D eigenvalue weighted by atomic mass is 10.0. The summed E-state index contributed by atoms with van der Waals surface area (Å²) in [6.07, 6.45) is 1.37. The van der Waals surface area contributed by atoms with Crippen molar-refractivity contribution in [2.24, 2.45) is 0 Å². The first-order valence-electron chi connectivity index (χ1n) is 6.21. The van der Waals surface area contributed by atoms with Gasteiger partial charge in [-0.2, -0.15) is 0 Å². The third kappa shape index (κ3) is 4.09. The molecule has 9 heteroatoms. The Bertz CT molecular complexity index is 613. The van der Waals surface area contributed by atoms with Crippen LogP contribution in [0, 0.1) is 17.5 Å². The number of hydrogen-bond donors (Lipinski definition) is 2. The van der Waals surface area contributed by atoms with E-state index in [4.69, 9.17) is 0 Å². The maximum absolute atomic E-state index is 13.5. The minimum absolute atomic E-state index is 0. The van der Waals surface area contributed by atoms with Crippen molar-refractivity contribution in [3.63, 3.8) is 0 Å². The third-order valence-corrected chi connectivity index (χ3v) is 4.84. The zero-order valence-electron chi connectivity index (χ0n) is 11.2. The van der Waals surface area contributed by atoms with Crippen molar-refractivity contribution in [1.82, 2.24) is 10.0 Å². The van der Waals surface area contributed by atoms with E-state index in [0.29, 0.717) is 12.5 Å². The fourth-order valence-electron chi connectivity index (χ4n) is 2.18. The van der Waals surface area contributed by atoms with Gasteiger partial charge in [-0.25, -0.2) is 26.3 Å². The van der Waals surface area contributed by atoms with Crippen molar-refractivity contribution in [2.75, 3.05) is 6.54 Å². The Morgan fingerprint density at radius 1 is 1.19 bits per heavy atom. The highest BCUT2D eigenvalue weighted by atomic mass is 35.5. The largest absolute Gasteiger partial charge is 0.313 e. The fourth-order valence-corrected chi connectivity index (χ4v) is 3.60. The minimum atomic E-state index is -4.23. The van der Waals surface area contributed by atoms with Gasteiger partial charge >= 0.3 is 0 Å². The van der Waals surface area contributed by atoms with Crippen LogP contribution in [0.3, 0.4) is 0 Å². The number of piperidine rings is 1. The smallest absolute Gasteiger partial charge is 0.243 e. The number of nitrogens with one attached hydrogen (secondary N) is 2. The number of benzene rings is 1. The zero-order valence-corrected chi connectivity index (χ0v) is 12.8. The van der Waals surface area contributed by atoms with Crippen LogP contribution in [0.4, 0.5) is 13.2 Å². The predicted molar refractivity (Wildman–Crippen MR) is 74.4 cm³/mol. The van der Waals surface area contributed by atoms with Gasteiger partial charge in [-0.05, 0) is 32.4 Å². The lowest BCUT2D eigenvalue weighted by Crippen LogP contribution is -2.51. The molecule has 0 aliphatic carbocycles. The molecule has 0 saturated carbocycles. The molecule has 2 rings (SSSR count). The van der Waals surface area contributed by atoms with Crippen molar-refractivity contribution < 1.29 is 21.6 Å². The van der Waals surface area contributed by atoms with Crippen molar-refractivity contribution in [3.05, 3.63) is 29.6 Å². The van der Waals surface area contributed by atoms with Crippen LogP contribution in [0.2, 0.25) is 0 Å². The molecule has 1 fully saturated rings. The fraction of sp³-hybridized carbons (Fsp3) is 0.500. The molecule has 2 N–H and O–H groups in total. The lowest BCUT2D eigenvalue weighted by Gasteiger charge is -2.30. The second kappa shape index (κ2) is 6.95. The van der Waals surface area contributed by atoms with Crippen LogP contribution in [-0.2, 0) is 10.0 Å². The van der Waals surface area contributed by atoms with E-state index in [-0.39, 0.29) is 24.5 Å². The molecule has 0 aromatic heterocycles. The summed E-state index contributed by atoms with van der Waals surface area (Å²) in [6.45, 7) is 2.58. The molecule has 0 radical (unpaired) electrons. The standard InChI is InChI=1S/C12H15F3N2O2S.ClH/c1-7-11(3-2-4-16-7)17-20(18,19)12-6-9(14)8(13)5-10(12)15;/h5-7,11,16-17H,2-4H2,1H3;1H. The van der Waals surface area contributed by atoms with Crippen LogP contribution in [-0.4, -0.2) is 27.0 Å². The van der Waals surface area contributed by atoms with Gasteiger partial charge in [0.25, 0.3) is 0 Å². The molecule has 120 valence electrons. The average Bonchev–Trinajstić information content (AvgIpc) is 2.36.